The second kappa shape index (κ2) is 8.13. The minimum absolute atomic E-state index is 0.154. The molecule has 142 valence electrons. The molecule has 0 radical (unpaired) electrons. The van der Waals surface area contributed by atoms with Gasteiger partial charge in [-0.15, -0.1) is 0 Å². The van der Waals surface area contributed by atoms with E-state index in [1.54, 1.807) is 7.11 Å². The van der Waals surface area contributed by atoms with E-state index in [1.165, 1.54) is 12.8 Å². The maximum atomic E-state index is 12.3. The van der Waals surface area contributed by atoms with Gasteiger partial charge in [0.1, 0.15) is 12.4 Å². The van der Waals surface area contributed by atoms with E-state index in [0.29, 0.717) is 31.3 Å². The molecule has 0 saturated carbocycles. The summed E-state index contributed by atoms with van der Waals surface area (Å²) in [6.07, 6.45) is 4.89. The highest BCUT2D eigenvalue weighted by molar-refractivity contribution is 5.80. The SMILES string of the molecule is COc1ccc([C@H]2CC(=O)C[C@@H]3CCCCN32)cc1OCc1ccccc1. The third kappa shape index (κ3) is 4.01. The Balaban J connectivity index is 1.58. The number of carbonyl (C=O) groups is 1. The van der Waals surface area contributed by atoms with Crippen molar-refractivity contribution in [3.05, 3.63) is 59.7 Å². The number of Topliss-reactive ketones (excluding diaryl/α,β-unsaturated/α-hetero) is 1. The number of benzene rings is 2. The number of ketones is 1. The van der Waals surface area contributed by atoms with Gasteiger partial charge in [-0.05, 0) is 42.6 Å². The van der Waals surface area contributed by atoms with Gasteiger partial charge in [-0.25, -0.2) is 0 Å². The molecule has 2 heterocycles. The molecule has 0 aliphatic carbocycles. The third-order valence-electron chi connectivity index (χ3n) is 5.77. The second-order valence-electron chi connectivity index (χ2n) is 7.53. The Kier molecular flexibility index (Phi) is 5.44. The van der Waals surface area contributed by atoms with Crippen molar-refractivity contribution in [3.8, 4) is 11.5 Å². The summed E-state index contributed by atoms with van der Waals surface area (Å²) >= 11 is 0. The molecule has 4 nitrogen and oxygen atoms in total. The van der Waals surface area contributed by atoms with Crippen molar-refractivity contribution >= 4 is 5.78 Å². The average molecular weight is 365 g/mol. The highest BCUT2D eigenvalue weighted by Gasteiger charge is 2.37. The first-order valence-corrected chi connectivity index (χ1v) is 9.86. The molecule has 0 aromatic heterocycles. The van der Waals surface area contributed by atoms with Crippen LogP contribution in [0.2, 0.25) is 0 Å². The summed E-state index contributed by atoms with van der Waals surface area (Å²) in [5, 5.41) is 0. The number of fused-ring (bicyclic) bond motifs is 1. The highest BCUT2D eigenvalue weighted by Crippen LogP contribution is 2.40. The van der Waals surface area contributed by atoms with Crippen molar-refractivity contribution < 1.29 is 14.3 Å². The molecule has 2 atom stereocenters. The van der Waals surface area contributed by atoms with E-state index in [0.717, 1.165) is 35.6 Å². The number of hydrogen-bond donors (Lipinski definition) is 0. The van der Waals surface area contributed by atoms with E-state index in [-0.39, 0.29) is 6.04 Å². The zero-order valence-electron chi connectivity index (χ0n) is 15.9. The number of hydrogen-bond acceptors (Lipinski definition) is 4. The number of methoxy groups -OCH3 is 1. The lowest BCUT2D eigenvalue weighted by atomic mass is 9.85. The normalized spacial score (nSPS) is 22.9. The van der Waals surface area contributed by atoms with Crippen molar-refractivity contribution in [1.29, 1.82) is 0 Å². The van der Waals surface area contributed by atoms with Crippen molar-refractivity contribution in [2.75, 3.05) is 13.7 Å². The van der Waals surface area contributed by atoms with Gasteiger partial charge in [0.05, 0.1) is 7.11 Å². The van der Waals surface area contributed by atoms with Gasteiger partial charge in [-0.2, -0.15) is 0 Å². The van der Waals surface area contributed by atoms with Crippen molar-refractivity contribution in [2.24, 2.45) is 0 Å². The van der Waals surface area contributed by atoms with E-state index in [9.17, 15) is 4.79 Å². The molecular weight excluding hydrogens is 338 g/mol. The molecule has 0 N–H and O–H groups in total. The van der Waals surface area contributed by atoms with Crippen LogP contribution in [0.5, 0.6) is 11.5 Å². The Morgan fingerprint density at radius 2 is 1.89 bits per heavy atom. The summed E-state index contributed by atoms with van der Waals surface area (Å²) < 4.78 is 11.6. The van der Waals surface area contributed by atoms with Crippen LogP contribution in [0.1, 0.15) is 49.3 Å². The van der Waals surface area contributed by atoms with E-state index in [2.05, 4.69) is 29.2 Å². The average Bonchev–Trinajstić information content (AvgIpc) is 2.72. The molecule has 0 amide bonds. The van der Waals surface area contributed by atoms with Gasteiger partial charge in [0, 0.05) is 24.9 Å². The summed E-state index contributed by atoms with van der Waals surface area (Å²) in [7, 11) is 1.66. The van der Waals surface area contributed by atoms with Gasteiger partial charge in [-0.1, -0.05) is 42.8 Å². The standard InChI is InChI=1S/C23H27NO3/c1-26-22-11-10-18(13-23(22)27-16-17-7-3-2-4-8-17)21-15-20(25)14-19-9-5-6-12-24(19)21/h2-4,7-8,10-11,13,19,21H,5-6,9,12,14-16H2,1H3/t19-,21+/m0/s1. The van der Waals surface area contributed by atoms with Gasteiger partial charge in [-0.3, -0.25) is 9.69 Å². The molecule has 0 bridgehead atoms. The van der Waals surface area contributed by atoms with E-state index < -0.39 is 0 Å². The van der Waals surface area contributed by atoms with E-state index >= 15 is 0 Å². The Bertz CT molecular complexity index is 789. The van der Waals surface area contributed by atoms with Crippen LogP contribution < -0.4 is 9.47 Å². The minimum atomic E-state index is 0.154. The zero-order chi connectivity index (χ0) is 18.6. The molecule has 4 heteroatoms. The van der Waals surface area contributed by atoms with Crippen LogP contribution >= 0.6 is 0 Å². The van der Waals surface area contributed by atoms with Gasteiger partial charge in [0.2, 0.25) is 0 Å². The fourth-order valence-corrected chi connectivity index (χ4v) is 4.39. The zero-order valence-corrected chi connectivity index (χ0v) is 15.9. The summed E-state index contributed by atoms with van der Waals surface area (Å²) in [5.41, 5.74) is 2.27. The van der Waals surface area contributed by atoms with Crippen LogP contribution in [0.3, 0.4) is 0 Å². The highest BCUT2D eigenvalue weighted by atomic mass is 16.5. The number of carbonyl (C=O) groups excluding carboxylic acids is 1. The molecule has 2 aromatic rings. The number of ether oxygens (including phenoxy) is 2. The Morgan fingerprint density at radius 3 is 2.70 bits per heavy atom. The maximum absolute atomic E-state index is 12.3. The van der Waals surface area contributed by atoms with Gasteiger partial charge in [0.15, 0.2) is 11.5 Å². The molecule has 2 aliphatic heterocycles. The summed E-state index contributed by atoms with van der Waals surface area (Å²) in [6, 6.07) is 16.8. The molecule has 4 rings (SSSR count). The van der Waals surface area contributed by atoms with Crippen LogP contribution in [0, 0.1) is 0 Å². The van der Waals surface area contributed by atoms with Crippen LogP contribution in [0.25, 0.3) is 0 Å². The lowest BCUT2D eigenvalue weighted by molar-refractivity contribution is -0.126. The van der Waals surface area contributed by atoms with Crippen molar-refractivity contribution in [1.82, 2.24) is 4.90 Å². The van der Waals surface area contributed by atoms with Gasteiger partial charge in [0.25, 0.3) is 0 Å². The van der Waals surface area contributed by atoms with Crippen molar-refractivity contribution in [3.63, 3.8) is 0 Å². The minimum Gasteiger partial charge on any atom is -0.493 e. The van der Waals surface area contributed by atoms with Crippen LogP contribution in [0.4, 0.5) is 0 Å². The first-order valence-electron chi connectivity index (χ1n) is 9.86. The number of nitrogens with zero attached hydrogens (tertiary/aromatic N) is 1. The summed E-state index contributed by atoms with van der Waals surface area (Å²) in [4.78, 5) is 14.9. The lowest BCUT2D eigenvalue weighted by Gasteiger charge is -2.44. The summed E-state index contributed by atoms with van der Waals surface area (Å²) in [5.74, 6) is 1.85. The van der Waals surface area contributed by atoms with Crippen LogP contribution in [-0.4, -0.2) is 30.4 Å². The second-order valence-corrected chi connectivity index (χ2v) is 7.53. The molecule has 2 aromatic carbocycles. The topological polar surface area (TPSA) is 38.8 Å². The lowest BCUT2D eigenvalue weighted by Crippen LogP contribution is -2.47. The molecule has 0 spiro atoms. The van der Waals surface area contributed by atoms with Gasteiger partial charge >= 0.3 is 0 Å². The largest absolute Gasteiger partial charge is 0.493 e. The smallest absolute Gasteiger partial charge is 0.161 e. The fraction of sp³-hybridized carbons (Fsp3) is 0.435. The quantitative estimate of drug-likeness (QED) is 0.780. The van der Waals surface area contributed by atoms with Crippen LogP contribution in [0.15, 0.2) is 48.5 Å². The Morgan fingerprint density at radius 1 is 1.04 bits per heavy atom. The van der Waals surface area contributed by atoms with E-state index in [1.807, 2.05) is 24.3 Å². The number of piperidine rings is 2. The molecule has 2 fully saturated rings. The predicted molar refractivity (Wildman–Crippen MR) is 105 cm³/mol. The van der Waals surface area contributed by atoms with Crippen molar-refractivity contribution in [2.45, 2.75) is 50.8 Å². The first kappa shape index (κ1) is 18.1. The van der Waals surface area contributed by atoms with Gasteiger partial charge < -0.3 is 9.47 Å². The molecule has 27 heavy (non-hydrogen) atoms. The molecular formula is C23H27NO3. The fourth-order valence-electron chi connectivity index (χ4n) is 4.39. The number of rotatable bonds is 5. The molecule has 2 aliphatic rings. The Labute approximate surface area is 161 Å². The predicted octanol–water partition coefficient (Wildman–Crippen LogP) is 4.53. The first-order chi connectivity index (χ1) is 13.2. The third-order valence-corrected chi connectivity index (χ3v) is 5.77. The summed E-state index contributed by atoms with van der Waals surface area (Å²) in [6.45, 7) is 1.57. The monoisotopic (exact) mass is 365 g/mol. The van der Waals surface area contributed by atoms with Crippen LogP contribution in [-0.2, 0) is 11.4 Å². The maximum Gasteiger partial charge on any atom is 0.161 e. The van der Waals surface area contributed by atoms with E-state index in [4.69, 9.17) is 9.47 Å². The molecule has 2 saturated heterocycles. The molecule has 0 unspecified atom stereocenters. The Hall–Kier alpha value is -2.33.